The maximum Gasteiger partial charge on any atom is 0.328 e. The first kappa shape index (κ1) is 16.3. The molecule has 0 radical (unpaired) electrons. The SMILES string of the molecule is NC(=O)COC(=O)C1(C(N)=O)CCCc2c1[nH]c1ccc(Cl)cc21. The summed E-state index contributed by atoms with van der Waals surface area (Å²) < 4.78 is 4.92. The molecular formula is C16H16ClN3O4. The lowest BCUT2D eigenvalue weighted by Crippen LogP contribution is -2.51. The number of benzene rings is 1. The van der Waals surface area contributed by atoms with Crippen molar-refractivity contribution < 1.29 is 19.1 Å². The monoisotopic (exact) mass is 349 g/mol. The maximum atomic E-state index is 12.6. The van der Waals surface area contributed by atoms with E-state index in [0.29, 0.717) is 23.6 Å². The Morgan fingerprint density at radius 3 is 2.71 bits per heavy atom. The molecular weight excluding hydrogens is 334 g/mol. The van der Waals surface area contributed by atoms with Crippen LogP contribution in [0.1, 0.15) is 24.1 Å². The van der Waals surface area contributed by atoms with E-state index in [0.717, 1.165) is 16.5 Å². The van der Waals surface area contributed by atoms with Crippen molar-refractivity contribution >= 4 is 40.3 Å². The van der Waals surface area contributed by atoms with Crippen molar-refractivity contribution in [3.63, 3.8) is 0 Å². The number of H-pyrrole nitrogens is 1. The molecule has 1 aromatic heterocycles. The van der Waals surface area contributed by atoms with Crippen LogP contribution in [0.25, 0.3) is 10.9 Å². The van der Waals surface area contributed by atoms with Gasteiger partial charge >= 0.3 is 5.97 Å². The molecule has 0 aliphatic heterocycles. The summed E-state index contributed by atoms with van der Waals surface area (Å²) in [7, 11) is 0. The lowest BCUT2D eigenvalue weighted by molar-refractivity contribution is -0.158. The predicted octanol–water partition coefficient (Wildman–Crippen LogP) is 0.909. The molecule has 3 rings (SSSR count). The highest BCUT2D eigenvalue weighted by Crippen LogP contribution is 2.41. The minimum absolute atomic E-state index is 0.202. The second-order valence-electron chi connectivity index (χ2n) is 5.83. The van der Waals surface area contributed by atoms with Crippen molar-refractivity contribution in [3.8, 4) is 0 Å². The molecule has 1 aromatic carbocycles. The molecule has 1 aliphatic rings. The Morgan fingerprint density at radius 1 is 1.29 bits per heavy atom. The van der Waals surface area contributed by atoms with E-state index in [9.17, 15) is 14.4 Å². The van der Waals surface area contributed by atoms with Crippen molar-refractivity contribution in [2.24, 2.45) is 11.5 Å². The smallest absolute Gasteiger partial charge is 0.328 e. The van der Waals surface area contributed by atoms with Crippen LogP contribution in [0.4, 0.5) is 0 Å². The largest absolute Gasteiger partial charge is 0.454 e. The van der Waals surface area contributed by atoms with Crippen molar-refractivity contribution in [1.29, 1.82) is 0 Å². The third-order valence-electron chi connectivity index (χ3n) is 4.39. The molecule has 2 aromatic rings. The summed E-state index contributed by atoms with van der Waals surface area (Å²) >= 11 is 6.05. The van der Waals surface area contributed by atoms with Gasteiger partial charge in [-0.1, -0.05) is 11.6 Å². The van der Waals surface area contributed by atoms with Crippen LogP contribution in [0.15, 0.2) is 18.2 Å². The molecule has 1 atom stereocenters. The van der Waals surface area contributed by atoms with Crippen molar-refractivity contribution in [1.82, 2.24) is 4.98 Å². The van der Waals surface area contributed by atoms with Gasteiger partial charge in [0.2, 0.25) is 5.91 Å². The number of carbonyl (C=O) groups excluding carboxylic acids is 3. The van der Waals surface area contributed by atoms with Gasteiger partial charge in [-0.25, -0.2) is 0 Å². The second kappa shape index (κ2) is 5.83. The summed E-state index contributed by atoms with van der Waals surface area (Å²) in [6.07, 6.45) is 1.45. The molecule has 2 amide bonds. The van der Waals surface area contributed by atoms with Crippen LogP contribution in [0.2, 0.25) is 5.02 Å². The number of nitrogens with one attached hydrogen (secondary N) is 1. The Labute approximate surface area is 142 Å². The quantitative estimate of drug-likeness (QED) is 0.559. The van der Waals surface area contributed by atoms with Gasteiger partial charge in [0, 0.05) is 21.6 Å². The number of aromatic nitrogens is 1. The van der Waals surface area contributed by atoms with Crippen LogP contribution < -0.4 is 11.5 Å². The molecule has 0 saturated heterocycles. The van der Waals surface area contributed by atoms with E-state index in [2.05, 4.69) is 4.98 Å². The van der Waals surface area contributed by atoms with Gasteiger partial charge in [0.05, 0.1) is 0 Å². The Morgan fingerprint density at radius 2 is 2.04 bits per heavy atom. The van der Waals surface area contributed by atoms with Crippen LogP contribution >= 0.6 is 11.6 Å². The molecule has 126 valence electrons. The molecule has 0 saturated carbocycles. The minimum Gasteiger partial charge on any atom is -0.454 e. The number of aryl methyl sites for hydroxylation is 1. The van der Waals surface area contributed by atoms with Gasteiger partial charge in [0.15, 0.2) is 12.0 Å². The average molecular weight is 350 g/mol. The number of aromatic amines is 1. The fourth-order valence-corrected chi connectivity index (χ4v) is 3.48. The van der Waals surface area contributed by atoms with Crippen LogP contribution in [0.5, 0.6) is 0 Å². The van der Waals surface area contributed by atoms with Gasteiger partial charge in [-0.3, -0.25) is 14.4 Å². The number of hydrogen-bond acceptors (Lipinski definition) is 4. The fourth-order valence-electron chi connectivity index (χ4n) is 3.31. The van der Waals surface area contributed by atoms with E-state index in [4.69, 9.17) is 27.8 Å². The Hall–Kier alpha value is -2.54. The molecule has 8 heteroatoms. The van der Waals surface area contributed by atoms with E-state index < -0.39 is 29.8 Å². The van der Waals surface area contributed by atoms with Crippen molar-refractivity contribution in [3.05, 3.63) is 34.5 Å². The number of hydrogen-bond donors (Lipinski definition) is 3. The standard InChI is InChI=1S/C16H16ClN3O4/c17-8-3-4-11-10(6-8)9-2-1-5-16(14(19)22,13(9)20-11)15(23)24-7-12(18)21/h3-4,6,20H,1-2,5,7H2,(H2,18,21)(H2,19,22). The number of amides is 2. The third kappa shape index (κ3) is 2.41. The topological polar surface area (TPSA) is 128 Å². The summed E-state index contributed by atoms with van der Waals surface area (Å²) in [6, 6.07) is 5.26. The molecule has 7 nitrogen and oxygen atoms in total. The average Bonchev–Trinajstić information content (AvgIpc) is 2.90. The van der Waals surface area contributed by atoms with Gasteiger partial charge in [0.1, 0.15) is 0 Å². The molecule has 0 bridgehead atoms. The molecule has 1 unspecified atom stereocenters. The number of nitrogens with two attached hydrogens (primary N) is 2. The van der Waals surface area contributed by atoms with Crippen LogP contribution in [-0.4, -0.2) is 29.4 Å². The number of fused-ring (bicyclic) bond motifs is 3. The number of primary amides is 2. The molecule has 1 aliphatic carbocycles. The molecule has 0 fully saturated rings. The van der Waals surface area contributed by atoms with Crippen LogP contribution in [0, 0.1) is 0 Å². The van der Waals surface area contributed by atoms with E-state index in [1.807, 2.05) is 0 Å². The highest BCUT2D eigenvalue weighted by Gasteiger charge is 2.52. The van der Waals surface area contributed by atoms with Crippen LogP contribution in [-0.2, 0) is 31.0 Å². The molecule has 1 heterocycles. The zero-order chi connectivity index (χ0) is 17.5. The predicted molar refractivity (Wildman–Crippen MR) is 87.3 cm³/mol. The fraction of sp³-hybridized carbons (Fsp3) is 0.312. The van der Waals surface area contributed by atoms with E-state index in [-0.39, 0.29) is 6.42 Å². The number of esters is 1. The normalized spacial score (nSPS) is 19.7. The highest BCUT2D eigenvalue weighted by molar-refractivity contribution is 6.31. The lowest BCUT2D eigenvalue weighted by Gasteiger charge is -2.32. The molecule has 0 spiro atoms. The van der Waals surface area contributed by atoms with Gasteiger partial charge in [-0.05, 0) is 43.0 Å². The Balaban J connectivity index is 2.16. The first-order valence-electron chi connectivity index (χ1n) is 7.42. The summed E-state index contributed by atoms with van der Waals surface area (Å²) in [5.74, 6) is -2.49. The summed E-state index contributed by atoms with van der Waals surface area (Å²) in [6.45, 7) is -0.602. The van der Waals surface area contributed by atoms with Crippen molar-refractivity contribution in [2.45, 2.75) is 24.7 Å². The lowest BCUT2D eigenvalue weighted by atomic mass is 9.72. The van der Waals surface area contributed by atoms with Gasteiger partial charge in [0.25, 0.3) is 5.91 Å². The number of carbonyl (C=O) groups is 3. The first-order valence-corrected chi connectivity index (χ1v) is 7.80. The zero-order valence-corrected chi connectivity index (χ0v) is 13.5. The Kier molecular flexibility index (Phi) is 3.96. The number of halogens is 1. The zero-order valence-electron chi connectivity index (χ0n) is 12.7. The van der Waals surface area contributed by atoms with E-state index >= 15 is 0 Å². The van der Waals surface area contributed by atoms with Gasteiger partial charge in [-0.15, -0.1) is 0 Å². The Bertz CT molecular complexity index is 860. The maximum absolute atomic E-state index is 12.6. The van der Waals surface area contributed by atoms with Gasteiger partial charge in [-0.2, -0.15) is 0 Å². The van der Waals surface area contributed by atoms with Crippen LogP contribution in [0.3, 0.4) is 0 Å². The van der Waals surface area contributed by atoms with E-state index in [1.54, 1.807) is 18.2 Å². The third-order valence-corrected chi connectivity index (χ3v) is 4.62. The number of ether oxygens (including phenoxy) is 1. The summed E-state index contributed by atoms with van der Waals surface area (Å²) in [4.78, 5) is 38.8. The van der Waals surface area contributed by atoms with Gasteiger partial charge < -0.3 is 21.2 Å². The summed E-state index contributed by atoms with van der Waals surface area (Å²) in [5.41, 5.74) is 10.9. The van der Waals surface area contributed by atoms with Crippen molar-refractivity contribution in [2.75, 3.05) is 6.61 Å². The number of rotatable bonds is 4. The first-order chi connectivity index (χ1) is 11.4. The summed E-state index contributed by atoms with van der Waals surface area (Å²) in [5, 5.41) is 1.39. The second-order valence-corrected chi connectivity index (χ2v) is 6.27. The molecule has 5 N–H and O–H groups in total. The minimum atomic E-state index is -1.66. The van der Waals surface area contributed by atoms with E-state index in [1.165, 1.54) is 0 Å². The molecule has 24 heavy (non-hydrogen) atoms. The highest BCUT2D eigenvalue weighted by atomic mass is 35.5.